The highest BCUT2D eigenvalue weighted by Crippen LogP contribution is 2.27. The van der Waals surface area contributed by atoms with E-state index in [1.807, 2.05) is 0 Å². The zero-order valence-electron chi connectivity index (χ0n) is 11.7. The van der Waals surface area contributed by atoms with E-state index in [1.165, 1.54) is 11.4 Å². The first-order valence-corrected chi connectivity index (χ1v) is 8.08. The highest BCUT2D eigenvalue weighted by Gasteiger charge is 2.38. The van der Waals surface area contributed by atoms with Crippen LogP contribution in [0.1, 0.15) is 24.8 Å². The number of hydrogen-bond acceptors (Lipinski definition) is 4. The molecule has 1 saturated heterocycles. The van der Waals surface area contributed by atoms with E-state index in [0.717, 1.165) is 12.8 Å². The Hall–Kier alpha value is -1.40. The van der Waals surface area contributed by atoms with Gasteiger partial charge in [0.1, 0.15) is 6.04 Å². The van der Waals surface area contributed by atoms with Crippen molar-refractivity contribution in [3.8, 4) is 0 Å². The summed E-state index contributed by atoms with van der Waals surface area (Å²) in [6, 6.07) is 6.11. The van der Waals surface area contributed by atoms with Gasteiger partial charge < -0.3 is 4.74 Å². The molecule has 1 aliphatic rings. The van der Waals surface area contributed by atoms with Gasteiger partial charge >= 0.3 is 5.97 Å². The van der Waals surface area contributed by atoms with E-state index in [0.29, 0.717) is 18.5 Å². The number of benzene rings is 1. The zero-order valence-corrected chi connectivity index (χ0v) is 12.5. The molecule has 110 valence electrons. The van der Waals surface area contributed by atoms with Gasteiger partial charge in [-0.3, -0.25) is 4.79 Å². The van der Waals surface area contributed by atoms with E-state index >= 15 is 0 Å². The number of hydrogen-bond donors (Lipinski definition) is 0. The molecule has 0 aliphatic carbocycles. The molecule has 1 fully saturated rings. The molecule has 1 heterocycles. The third-order valence-corrected chi connectivity index (χ3v) is 5.68. The fourth-order valence-corrected chi connectivity index (χ4v) is 4.41. The Morgan fingerprint density at radius 1 is 1.30 bits per heavy atom. The Labute approximate surface area is 119 Å². The Morgan fingerprint density at radius 2 is 2.00 bits per heavy atom. The Morgan fingerprint density at radius 3 is 2.65 bits per heavy atom. The van der Waals surface area contributed by atoms with E-state index < -0.39 is 22.0 Å². The predicted molar refractivity (Wildman–Crippen MR) is 74.7 cm³/mol. The van der Waals surface area contributed by atoms with Gasteiger partial charge in [0.15, 0.2) is 0 Å². The van der Waals surface area contributed by atoms with Crippen LogP contribution in [-0.2, 0) is 19.6 Å². The number of rotatable bonds is 3. The van der Waals surface area contributed by atoms with Crippen molar-refractivity contribution in [1.29, 1.82) is 0 Å². The van der Waals surface area contributed by atoms with Gasteiger partial charge in [-0.1, -0.05) is 18.2 Å². The molecular weight excluding hydrogens is 278 g/mol. The van der Waals surface area contributed by atoms with Crippen molar-refractivity contribution in [2.75, 3.05) is 13.7 Å². The summed E-state index contributed by atoms with van der Waals surface area (Å²) in [4.78, 5) is 12.1. The van der Waals surface area contributed by atoms with Crippen molar-refractivity contribution in [1.82, 2.24) is 4.31 Å². The fraction of sp³-hybridized carbons (Fsp3) is 0.500. The highest BCUT2D eigenvalue weighted by molar-refractivity contribution is 7.89. The maximum Gasteiger partial charge on any atom is 0.324 e. The van der Waals surface area contributed by atoms with Gasteiger partial charge in [0.2, 0.25) is 10.0 Å². The summed E-state index contributed by atoms with van der Waals surface area (Å²) >= 11 is 0. The molecule has 1 aromatic carbocycles. The molecule has 0 saturated carbocycles. The van der Waals surface area contributed by atoms with Crippen LogP contribution < -0.4 is 0 Å². The highest BCUT2D eigenvalue weighted by atomic mass is 32.2. The molecule has 0 spiro atoms. The lowest BCUT2D eigenvalue weighted by atomic mass is 10.1. The van der Waals surface area contributed by atoms with Crippen LogP contribution in [0.25, 0.3) is 0 Å². The molecule has 0 N–H and O–H groups in total. The van der Waals surface area contributed by atoms with E-state index in [9.17, 15) is 13.2 Å². The van der Waals surface area contributed by atoms with Crippen LogP contribution in [0.4, 0.5) is 0 Å². The Kier molecular flexibility index (Phi) is 4.45. The molecule has 0 radical (unpaired) electrons. The summed E-state index contributed by atoms with van der Waals surface area (Å²) in [7, 11) is -2.38. The molecule has 1 aromatic rings. The van der Waals surface area contributed by atoms with Gasteiger partial charge in [0, 0.05) is 6.54 Å². The van der Waals surface area contributed by atoms with Crippen molar-refractivity contribution in [3.63, 3.8) is 0 Å². The summed E-state index contributed by atoms with van der Waals surface area (Å²) in [6.45, 7) is 2.11. The van der Waals surface area contributed by atoms with Gasteiger partial charge in [-0.2, -0.15) is 4.31 Å². The Bertz CT molecular complexity index is 597. The molecule has 0 bridgehead atoms. The van der Waals surface area contributed by atoms with E-state index in [1.54, 1.807) is 31.2 Å². The van der Waals surface area contributed by atoms with Crippen LogP contribution in [0.3, 0.4) is 0 Å². The summed E-state index contributed by atoms with van der Waals surface area (Å²) in [6.07, 6.45) is 2.11. The molecule has 1 aliphatic heterocycles. The van der Waals surface area contributed by atoms with E-state index in [4.69, 9.17) is 4.74 Å². The summed E-state index contributed by atoms with van der Waals surface area (Å²) in [5, 5.41) is 0. The van der Waals surface area contributed by atoms with E-state index in [2.05, 4.69) is 0 Å². The Balaban J connectivity index is 2.41. The van der Waals surface area contributed by atoms with Crippen LogP contribution in [-0.4, -0.2) is 38.4 Å². The topological polar surface area (TPSA) is 63.7 Å². The van der Waals surface area contributed by atoms with Crippen molar-refractivity contribution < 1.29 is 17.9 Å². The van der Waals surface area contributed by atoms with Gasteiger partial charge in [-0.15, -0.1) is 0 Å². The van der Waals surface area contributed by atoms with Crippen molar-refractivity contribution in [2.45, 2.75) is 37.1 Å². The molecule has 0 amide bonds. The minimum Gasteiger partial charge on any atom is -0.468 e. The monoisotopic (exact) mass is 297 g/mol. The van der Waals surface area contributed by atoms with Crippen LogP contribution in [0, 0.1) is 6.92 Å². The maximum absolute atomic E-state index is 12.8. The number of nitrogens with zero attached hydrogens (tertiary/aromatic N) is 1. The van der Waals surface area contributed by atoms with Crippen molar-refractivity contribution in [2.24, 2.45) is 0 Å². The molecule has 6 heteroatoms. The second-order valence-electron chi connectivity index (χ2n) is 4.92. The first-order valence-electron chi connectivity index (χ1n) is 6.64. The smallest absolute Gasteiger partial charge is 0.324 e. The van der Waals surface area contributed by atoms with Gasteiger partial charge in [-0.25, -0.2) is 8.42 Å². The van der Waals surface area contributed by atoms with E-state index in [-0.39, 0.29) is 4.90 Å². The lowest BCUT2D eigenvalue weighted by Crippen LogP contribution is -2.48. The second kappa shape index (κ2) is 5.93. The van der Waals surface area contributed by atoms with Gasteiger partial charge in [-0.05, 0) is 37.8 Å². The number of carbonyl (C=O) groups excluding carboxylic acids is 1. The first kappa shape index (κ1) is 15.0. The summed E-state index contributed by atoms with van der Waals surface area (Å²) in [5.74, 6) is -0.484. The summed E-state index contributed by atoms with van der Waals surface area (Å²) in [5.41, 5.74) is 0.682. The number of aryl methyl sites for hydroxylation is 1. The number of ether oxygens (including phenoxy) is 1. The third kappa shape index (κ3) is 2.71. The zero-order chi connectivity index (χ0) is 14.8. The van der Waals surface area contributed by atoms with Crippen LogP contribution in [0.5, 0.6) is 0 Å². The number of methoxy groups -OCH3 is 1. The number of sulfonamides is 1. The molecule has 20 heavy (non-hydrogen) atoms. The molecule has 0 aromatic heterocycles. The normalized spacial score (nSPS) is 20.6. The molecule has 5 nitrogen and oxygen atoms in total. The van der Waals surface area contributed by atoms with Crippen LogP contribution in [0.15, 0.2) is 29.2 Å². The SMILES string of the molecule is COC(=O)[C@H]1CCCCN1S(=O)(=O)c1ccccc1C. The average Bonchev–Trinajstić information content (AvgIpc) is 2.46. The minimum atomic E-state index is -3.66. The third-order valence-electron chi connectivity index (χ3n) is 3.61. The molecule has 1 atom stereocenters. The summed E-state index contributed by atoms with van der Waals surface area (Å²) < 4.78 is 31.5. The largest absolute Gasteiger partial charge is 0.468 e. The lowest BCUT2D eigenvalue weighted by Gasteiger charge is -2.33. The van der Waals surface area contributed by atoms with Gasteiger partial charge in [0.05, 0.1) is 12.0 Å². The first-order chi connectivity index (χ1) is 9.48. The number of esters is 1. The fourth-order valence-electron chi connectivity index (χ4n) is 2.54. The average molecular weight is 297 g/mol. The number of carbonyl (C=O) groups is 1. The van der Waals surface area contributed by atoms with Crippen LogP contribution >= 0.6 is 0 Å². The quantitative estimate of drug-likeness (QED) is 0.797. The number of piperidine rings is 1. The lowest BCUT2D eigenvalue weighted by molar-refractivity contribution is -0.146. The molecule has 0 unspecified atom stereocenters. The standard InChI is InChI=1S/C14H19NO4S/c1-11-7-3-4-9-13(11)20(17,18)15-10-6-5-8-12(15)14(16)19-2/h3-4,7,9,12H,5-6,8,10H2,1-2H3/t12-/m1/s1. The van der Waals surface area contributed by atoms with Crippen LogP contribution in [0.2, 0.25) is 0 Å². The minimum absolute atomic E-state index is 0.260. The maximum atomic E-state index is 12.8. The molecule has 2 rings (SSSR count). The van der Waals surface area contributed by atoms with Gasteiger partial charge in [0.25, 0.3) is 0 Å². The predicted octanol–water partition coefficient (Wildman–Crippen LogP) is 1.71. The van der Waals surface area contributed by atoms with Crippen molar-refractivity contribution >= 4 is 16.0 Å². The molecular formula is C14H19NO4S. The van der Waals surface area contributed by atoms with Crippen molar-refractivity contribution in [3.05, 3.63) is 29.8 Å². The second-order valence-corrected chi connectivity index (χ2v) is 6.77.